The second kappa shape index (κ2) is 7.02. The molecular formula is C14H23N3O4. The molecule has 1 atom stereocenters. The van der Waals surface area contributed by atoms with Crippen LogP contribution in [0.1, 0.15) is 42.7 Å². The maximum absolute atomic E-state index is 12.2. The van der Waals surface area contributed by atoms with Crippen molar-refractivity contribution in [3.05, 3.63) is 17.8 Å². The van der Waals surface area contributed by atoms with Crippen LogP contribution in [0.4, 0.5) is 0 Å². The third-order valence-corrected chi connectivity index (χ3v) is 3.24. The molecule has 0 bridgehead atoms. The van der Waals surface area contributed by atoms with E-state index in [0.717, 1.165) is 6.42 Å². The summed E-state index contributed by atoms with van der Waals surface area (Å²) >= 11 is 0. The smallest absolute Gasteiger partial charge is 0.275 e. The van der Waals surface area contributed by atoms with Gasteiger partial charge in [-0.05, 0) is 12.3 Å². The predicted octanol–water partition coefficient (Wildman–Crippen LogP) is 1.17. The van der Waals surface area contributed by atoms with Crippen molar-refractivity contribution in [3.63, 3.8) is 0 Å². The fourth-order valence-electron chi connectivity index (χ4n) is 2.18. The van der Waals surface area contributed by atoms with Gasteiger partial charge in [-0.1, -0.05) is 13.8 Å². The Morgan fingerprint density at radius 1 is 1.48 bits per heavy atom. The van der Waals surface area contributed by atoms with E-state index in [9.17, 15) is 4.79 Å². The van der Waals surface area contributed by atoms with Gasteiger partial charge in [-0.2, -0.15) is 0 Å². The van der Waals surface area contributed by atoms with Gasteiger partial charge in [0.2, 0.25) is 5.89 Å². The number of amides is 1. The molecular weight excluding hydrogens is 274 g/mol. The normalized spacial score (nSPS) is 17.4. The quantitative estimate of drug-likeness (QED) is 0.847. The van der Waals surface area contributed by atoms with Crippen molar-refractivity contribution in [3.8, 4) is 0 Å². The molecule has 0 saturated carbocycles. The van der Waals surface area contributed by atoms with Gasteiger partial charge >= 0.3 is 0 Å². The van der Waals surface area contributed by atoms with E-state index < -0.39 is 0 Å². The van der Waals surface area contributed by atoms with Gasteiger partial charge in [0.1, 0.15) is 6.26 Å². The van der Waals surface area contributed by atoms with Gasteiger partial charge in [-0.3, -0.25) is 4.79 Å². The topological polar surface area (TPSA) is 90.8 Å². The van der Waals surface area contributed by atoms with Gasteiger partial charge in [-0.15, -0.1) is 0 Å². The van der Waals surface area contributed by atoms with Crippen molar-refractivity contribution in [2.24, 2.45) is 11.7 Å². The van der Waals surface area contributed by atoms with E-state index >= 15 is 0 Å². The molecule has 0 spiro atoms. The number of nitrogens with zero attached hydrogens (tertiary/aromatic N) is 2. The van der Waals surface area contributed by atoms with Crippen LogP contribution >= 0.6 is 0 Å². The molecule has 0 radical (unpaired) electrons. The predicted molar refractivity (Wildman–Crippen MR) is 75.5 cm³/mol. The number of ether oxygens (including phenoxy) is 2. The highest BCUT2D eigenvalue weighted by Gasteiger charge is 2.24. The molecule has 21 heavy (non-hydrogen) atoms. The largest absolute Gasteiger partial charge is 0.446 e. The van der Waals surface area contributed by atoms with Crippen LogP contribution in [0, 0.1) is 5.92 Å². The van der Waals surface area contributed by atoms with Gasteiger partial charge in [0, 0.05) is 7.05 Å². The molecule has 1 fully saturated rings. The molecule has 1 aromatic heterocycles. The molecule has 1 aliphatic rings. The number of rotatable bonds is 6. The summed E-state index contributed by atoms with van der Waals surface area (Å²) in [5, 5.41) is 0. The summed E-state index contributed by atoms with van der Waals surface area (Å²) in [6.45, 7) is 5.63. The Bertz CT molecular complexity index is 469. The Balaban J connectivity index is 1.94. The van der Waals surface area contributed by atoms with Gasteiger partial charge in [-0.25, -0.2) is 4.98 Å². The lowest BCUT2D eigenvalue weighted by molar-refractivity contribution is -0.0543. The number of carbonyl (C=O) groups is 1. The SMILES string of the molecule is CC(C)CC(N)c1nc(C(=O)N(C)CC2OCCO2)co1. The minimum atomic E-state index is -0.367. The van der Waals surface area contributed by atoms with Crippen LogP contribution in [0.15, 0.2) is 10.7 Å². The summed E-state index contributed by atoms with van der Waals surface area (Å²) in [4.78, 5) is 17.9. The van der Waals surface area contributed by atoms with Gasteiger partial charge < -0.3 is 24.5 Å². The first-order valence-electron chi connectivity index (χ1n) is 7.17. The van der Waals surface area contributed by atoms with Crippen molar-refractivity contribution in [1.82, 2.24) is 9.88 Å². The zero-order valence-corrected chi connectivity index (χ0v) is 12.7. The van der Waals surface area contributed by atoms with Crippen molar-refractivity contribution < 1.29 is 18.7 Å². The molecule has 7 nitrogen and oxygen atoms in total. The van der Waals surface area contributed by atoms with E-state index in [1.807, 2.05) is 0 Å². The van der Waals surface area contributed by atoms with E-state index in [4.69, 9.17) is 19.6 Å². The van der Waals surface area contributed by atoms with E-state index in [0.29, 0.717) is 31.6 Å². The number of likely N-dealkylation sites (N-methyl/N-ethyl adjacent to an activating group) is 1. The Kier molecular flexibility index (Phi) is 5.33. The first-order chi connectivity index (χ1) is 9.97. The molecule has 7 heteroatoms. The molecule has 2 rings (SSSR count). The Morgan fingerprint density at radius 2 is 2.14 bits per heavy atom. The van der Waals surface area contributed by atoms with Crippen LogP contribution in [0.2, 0.25) is 0 Å². The summed E-state index contributed by atoms with van der Waals surface area (Å²) in [6.07, 6.45) is 1.74. The molecule has 1 aromatic rings. The number of oxazole rings is 1. The maximum Gasteiger partial charge on any atom is 0.275 e. The molecule has 0 aromatic carbocycles. The molecule has 1 saturated heterocycles. The first kappa shape index (κ1) is 15.9. The summed E-state index contributed by atoms with van der Waals surface area (Å²) < 4.78 is 16.0. The molecule has 2 heterocycles. The van der Waals surface area contributed by atoms with E-state index in [1.54, 1.807) is 7.05 Å². The third kappa shape index (κ3) is 4.26. The molecule has 118 valence electrons. The van der Waals surface area contributed by atoms with Gasteiger partial charge in [0.25, 0.3) is 5.91 Å². The molecule has 1 aliphatic heterocycles. The number of nitrogens with two attached hydrogens (primary N) is 1. The van der Waals surface area contributed by atoms with Crippen LogP contribution < -0.4 is 5.73 Å². The summed E-state index contributed by atoms with van der Waals surface area (Å²) in [5.74, 6) is 0.597. The number of hydrogen-bond acceptors (Lipinski definition) is 6. The van der Waals surface area contributed by atoms with Crippen molar-refractivity contribution >= 4 is 5.91 Å². The lowest BCUT2D eigenvalue weighted by Crippen LogP contribution is -2.35. The molecule has 0 aliphatic carbocycles. The Hall–Kier alpha value is -1.44. The summed E-state index contributed by atoms with van der Waals surface area (Å²) in [5.41, 5.74) is 6.25. The zero-order chi connectivity index (χ0) is 15.4. The minimum Gasteiger partial charge on any atom is -0.446 e. The lowest BCUT2D eigenvalue weighted by atomic mass is 10.0. The highest BCUT2D eigenvalue weighted by atomic mass is 16.7. The van der Waals surface area contributed by atoms with Crippen molar-refractivity contribution in [2.75, 3.05) is 26.8 Å². The van der Waals surface area contributed by atoms with E-state index in [1.165, 1.54) is 11.2 Å². The van der Waals surface area contributed by atoms with Crippen LogP contribution in [-0.4, -0.2) is 48.9 Å². The maximum atomic E-state index is 12.2. The fourth-order valence-corrected chi connectivity index (χ4v) is 2.18. The number of aromatic nitrogens is 1. The monoisotopic (exact) mass is 297 g/mol. The molecule has 1 amide bonds. The lowest BCUT2D eigenvalue weighted by Gasteiger charge is -2.18. The first-order valence-corrected chi connectivity index (χ1v) is 7.17. The summed E-state index contributed by atoms with van der Waals surface area (Å²) in [6, 6.07) is -0.293. The van der Waals surface area contributed by atoms with Crippen LogP contribution in [0.3, 0.4) is 0 Å². The zero-order valence-electron chi connectivity index (χ0n) is 12.7. The Morgan fingerprint density at radius 3 is 2.76 bits per heavy atom. The van der Waals surface area contributed by atoms with Gasteiger partial charge in [0.05, 0.1) is 25.8 Å². The Labute approximate surface area is 124 Å². The fraction of sp³-hybridized carbons (Fsp3) is 0.714. The molecule has 2 N–H and O–H groups in total. The summed E-state index contributed by atoms with van der Waals surface area (Å²) in [7, 11) is 1.68. The van der Waals surface area contributed by atoms with Crippen LogP contribution in [-0.2, 0) is 9.47 Å². The van der Waals surface area contributed by atoms with E-state index in [-0.39, 0.29) is 23.9 Å². The average molecular weight is 297 g/mol. The highest BCUT2D eigenvalue weighted by molar-refractivity contribution is 5.91. The highest BCUT2D eigenvalue weighted by Crippen LogP contribution is 2.18. The van der Waals surface area contributed by atoms with Crippen molar-refractivity contribution in [1.29, 1.82) is 0 Å². The molecule has 1 unspecified atom stereocenters. The third-order valence-electron chi connectivity index (χ3n) is 3.24. The second-order valence-corrected chi connectivity index (χ2v) is 5.66. The second-order valence-electron chi connectivity index (χ2n) is 5.66. The standard InChI is InChI=1S/C14H23N3O4/c1-9(2)6-10(15)13-16-11(8-21-13)14(18)17(3)7-12-19-4-5-20-12/h8-10,12H,4-7,15H2,1-3H3. The number of carbonyl (C=O) groups excluding carboxylic acids is 1. The minimum absolute atomic E-state index is 0.235. The van der Waals surface area contributed by atoms with Crippen LogP contribution in [0.25, 0.3) is 0 Å². The average Bonchev–Trinajstić information content (AvgIpc) is 3.07. The van der Waals surface area contributed by atoms with E-state index in [2.05, 4.69) is 18.8 Å². The van der Waals surface area contributed by atoms with Gasteiger partial charge in [0.15, 0.2) is 12.0 Å². The van der Waals surface area contributed by atoms with Crippen molar-refractivity contribution in [2.45, 2.75) is 32.6 Å². The van der Waals surface area contributed by atoms with Crippen LogP contribution in [0.5, 0.6) is 0 Å². The number of hydrogen-bond donors (Lipinski definition) is 1.